The third kappa shape index (κ3) is 5.12. The number of ether oxygens (including phenoxy) is 3. The molecule has 0 heterocycles. The first-order valence-electron chi connectivity index (χ1n) is 5.81. The Morgan fingerprint density at radius 1 is 1.21 bits per heavy atom. The average Bonchev–Trinajstić information content (AvgIpc) is 2.35. The zero-order chi connectivity index (χ0) is 13.5. The van der Waals surface area contributed by atoms with Crippen LogP contribution in [-0.4, -0.2) is 33.5 Å². The van der Waals surface area contributed by atoms with Crippen molar-refractivity contribution < 1.29 is 18.6 Å². The fourth-order valence-electron chi connectivity index (χ4n) is 1.71. The molecule has 0 radical (unpaired) electrons. The highest BCUT2D eigenvalue weighted by molar-refractivity contribution is 5.85. The number of rotatable bonds is 7. The van der Waals surface area contributed by atoms with Crippen LogP contribution < -0.4 is 19.9 Å². The predicted molar refractivity (Wildman–Crippen MR) is 75.6 cm³/mol. The number of benzene rings is 1. The molecular formula is C13H21ClFNO3. The number of methoxy groups -OCH3 is 2. The van der Waals surface area contributed by atoms with Crippen LogP contribution in [0.15, 0.2) is 12.1 Å². The van der Waals surface area contributed by atoms with Crippen LogP contribution in [0, 0.1) is 0 Å². The summed E-state index contributed by atoms with van der Waals surface area (Å²) in [6.07, 6.45) is 0.704. The Hall–Kier alpha value is -1.20. The summed E-state index contributed by atoms with van der Waals surface area (Å²) >= 11 is 0. The molecular weight excluding hydrogens is 273 g/mol. The molecule has 0 aliphatic carbocycles. The van der Waals surface area contributed by atoms with Crippen LogP contribution in [0.4, 0.5) is 4.39 Å². The summed E-state index contributed by atoms with van der Waals surface area (Å²) in [5.41, 5.74) is 6.76. The molecule has 1 aromatic carbocycles. The summed E-state index contributed by atoms with van der Waals surface area (Å²) in [5, 5.41) is 0. The molecule has 0 spiro atoms. The lowest BCUT2D eigenvalue weighted by Crippen LogP contribution is -2.17. The van der Waals surface area contributed by atoms with Crippen molar-refractivity contribution in [2.24, 2.45) is 5.73 Å². The maximum atomic E-state index is 12.2. The maximum Gasteiger partial charge on any atom is 0.203 e. The second-order valence-corrected chi connectivity index (χ2v) is 4.05. The van der Waals surface area contributed by atoms with E-state index in [1.54, 1.807) is 0 Å². The van der Waals surface area contributed by atoms with E-state index < -0.39 is 6.67 Å². The predicted octanol–water partition coefficient (Wildman–Crippen LogP) is 2.36. The van der Waals surface area contributed by atoms with Gasteiger partial charge in [-0.15, -0.1) is 12.4 Å². The van der Waals surface area contributed by atoms with Crippen LogP contribution in [-0.2, 0) is 6.42 Å². The molecule has 0 saturated heterocycles. The third-order valence-electron chi connectivity index (χ3n) is 2.40. The summed E-state index contributed by atoms with van der Waals surface area (Å²) in [7, 11) is 3.07. The zero-order valence-electron chi connectivity index (χ0n) is 11.4. The van der Waals surface area contributed by atoms with Crippen molar-refractivity contribution in [3.8, 4) is 17.2 Å². The molecule has 2 N–H and O–H groups in total. The topological polar surface area (TPSA) is 53.7 Å². The molecule has 0 aliphatic heterocycles. The lowest BCUT2D eigenvalue weighted by atomic mass is 10.1. The van der Waals surface area contributed by atoms with Crippen LogP contribution in [0.25, 0.3) is 0 Å². The highest BCUT2D eigenvalue weighted by Gasteiger charge is 2.14. The molecule has 0 aromatic heterocycles. The quantitative estimate of drug-likeness (QED) is 0.838. The molecule has 110 valence electrons. The summed E-state index contributed by atoms with van der Waals surface area (Å²) in [6.45, 7) is 1.33. The van der Waals surface area contributed by atoms with Crippen molar-refractivity contribution in [2.45, 2.75) is 19.4 Å². The van der Waals surface area contributed by atoms with E-state index in [0.717, 1.165) is 5.56 Å². The van der Waals surface area contributed by atoms with E-state index in [1.165, 1.54) is 14.2 Å². The van der Waals surface area contributed by atoms with Crippen molar-refractivity contribution in [2.75, 3.05) is 27.5 Å². The van der Waals surface area contributed by atoms with Gasteiger partial charge in [0.25, 0.3) is 0 Å². The second-order valence-electron chi connectivity index (χ2n) is 4.05. The largest absolute Gasteiger partial charge is 0.493 e. The summed E-state index contributed by atoms with van der Waals surface area (Å²) in [5.74, 6) is 1.47. The number of alkyl halides is 1. The molecule has 1 aromatic rings. The number of nitrogens with two attached hydrogens (primary N) is 1. The summed E-state index contributed by atoms with van der Waals surface area (Å²) in [6, 6.07) is 3.70. The van der Waals surface area contributed by atoms with Gasteiger partial charge in [0, 0.05) is 6.04 Å². The Kier molecular flexibility index (Phi) is 8.27. The van der Waals surface area contributed by atoms with Gasteiger partial charge in [-0.05, 0) is 31.0 Å². The average molecular weight is 294 g/mol. The van der Waals surface area contributed by atoms with E-state index in [1.807, 2.05) is 19.1 Å². The number of hydrogen-bond acceptors (Lipinski definition) is 4. The second kappa shape index (κ2) is 8.82. The first-order valence-corrected chi connectivity index (χ1v) is 5.81. The number of hydrogen-bond donors (Lipinski definition) is 1. The van der Waals surface area contributed by atoms with E-state index in [9.17, 15) is 4.39 Å². The lowest BCUT2D eigenvalue weighted by Gasteiger charge is -2.16. The standard InChI is InChI=1S/C13H20FNO3.ClH/c1-9(15)6-10-7-11(16-2)13(18-5-4-14)12(8-10)17-3;/h7-9H,4-6,15H2,1-3H3;1H. The smallest absolute Gasteiger partial charge is 0.203 e. The molecule has 0 aliphatic rings. The van der Waals surface area contributed by atoms with Gasteiger partial charge in [-0.25, -0.2) is 4.39 Å². The Morgan fingerprint density at radius 2 is 1.74 bits per heavy atom. The molecule has 0 fully saturated rings. The monoisotopic (exact) mass is 293 g/mol. The Morgan fingerprint density at radius 3 is 2.11 bits per heavy atom. The summed E-state index contributed by atoms with van der Waals surface area (Å²) in [4.78, 5) is 0. The Labute approximate surface area is 119 Å². The van der Waals surface area contributed by atoms with Gasteiger partial charge in [0.05, 0.1) is 14.2 Å². The maximum absolute atomic E-state index is 12.2. The van der Waals surface area contributed by atoms with Crippen LogP contribution in [0.2, 0.25) is 0 Å². The minimum atomic E-state index is -0.562. The van der Waals surface area contributed by atoms with Crippen LogP contribution in [0.3, 0.4) is 0 Å². The first kappa shape index (κ1) is 17.8. The minimum absolute atomic E-state index is 0. The lowest BCUT2D eigenvalue weighted by molar-refractivity contribution is 0.247. The first-order chi connectivity index (χ1) is 8.62. The minimum Gasteiger partial charge on any atom is -0.493 e. The van der Waals surface area contributed by atoms with Crippen molar-refractivity contribution in [3.63, 3.8) is 0 Å². The highest BCUT2D eigenvalue weighted by Crippen LogP contribution is 2.38. The van der Waals surface area contributed by atoms with Crippen LogP contribution >= 0.6 is 12.4 Å². The fraction of sp³-hybridized carbons (Fsp3) is 0.538. The molecule has 0 saturated carbocycles. The van der Waals surface area contributed by atoms with Gasteiger partial charge >= 0.3 is 0 Å². The third-order valence-corrected chi connectivity index (χ3v) is 2.40. The Bertz CT molecular complexity index is 363. The summed E-state index contributed by atoms with van der Waals surface area (Å²) < 4.78 is 28.0. The molecule has 4 nitrogen and oxygen atoms in total. The van der Waals surface area contributed by atoms with E-state index in [-0.39, 0.29) is 25.1 Å². The van der Waals surface area contributed by atoms with Crippen molar-refractivity contribution in [3.05, 3.63) is 17.7 Å². The number of halogens is 2. The van der Waals surface area contributed by atoms with Gasteiger partial charge in [-0.2, -0.15) is 0 Å². The Balaban J connectivity index is 0.00000324. The van der Waals surface area contributed by atoms with Gasteiger partial charge in [0.1, 0.15) is 13.3 Å². The molecule has 1 atom stereocenters. The SMILES string of the molecule is COc1cc(CC(C)N)cc(OC)c1OCCF.Cl. The van der Waals surface area contributed by atoms with Gasteiger partial charge in [0.15, 0.2) is 11.5 Å². The normalized spacial score (nSPS) is 11.4. The van der Waals surface area contributed by atoms with E-state index in [4.69, 9.17) is 19.9 Å². The molecule has 1 unspecified atom stereocenters. The van der Waals surface area contributed by atoms with E-state index >= 15 is 0 Å². The van der Waals surface area contributed by atoms with Crippen LogP contribution in [0.1, 0.15) is 12.5 Å². The van der Waals surface area contributed by atoms with E-state index in [2.05, 4.69) is 0 Å². The van der Waals surface area contributed by atoms with Gasteiger partial charge < -0.3 is 19.9 Å². The van der Waals surface area contributed by atoms with Gasteiger partial charge in [0.2, 0.25) is 5.75 Å². The molecule has 6 heteroatoms. The molecule has 1 rings (SSSR count). The van der Waals surface area contributed by atoms with Gasteiger partial charge in [-0.1, -0.05) is 0 Å². The highest BCUT2D eigenvalue weighted by atomic mass is 35.5. The van der Waals surface area contributed by atoms with Crippen molar-refractivity contribution >= 4 is 12.4 Å². The van der Waals surface area contributed by atoms with Crippen LogP contribution in [0.5, 0.6) is 17.2 Å². The fourth-order valence-corrected chi connectivity index (χ4v) is 1.71. The molecule has 0 amide bonds. The molecule has 19 heavy (non-hydrogen) atoms. The molecule has 0 bridgehead atoms. The van der Waals surface area contributed by atoms with Gasteiger partial charge in [-0.3, -0.25) is 0 Å². The van der Waals surface area contributed by atoms with E-state index in [0.29, 0.717) is 23.7 Å². The van der Waals surface area contributed by atoms with Crippen molar-refractivity contribution in [1.29, 1.82) is 0 Å². The zero-order valence-corrected chi connectivity index (χ0v) is 12.3. The van der Waals surface area contributed by atoms with Crippen molar-refractivity contribution in [1.82, 2.24) is 0 Å².